The second kappa shape index (κ2) is 18.4. The van der Waals surface area contributed by atoms with Crippen molar-refractivity contribution in [2.24, 2.45) is 0 Å². The summed E-state index contributed by atoms with van der Waals surface area (Å²) in [5.41, 5.74) is 3.16. The maximum Gasteiger partial charge on any atom is 0.344 e. The van der Waals surface area contributed by atoms with E-state index < -0.39 is 5.60 Å². The van der Waals surface area contributed by atoms with Crippen molar-refractivity contribution < 1.29 is 28.5 Å². The zero-order valence-corrected chi connectivity index (χ0v) is 26.4. The number of carbonyl (C=O) groups is 2. The van der Waals surface area contributed by atoms with E-state index in [0.29, 0.717) is 25.2 Å². The lowest BCUT2D eigenvalue weighted by molar-refractivity contribution is -0.145. The summed E-state index contributed by atoms with van der Waals surface area (Å²) in [6, 6.07) is 0. The van der Waals surface area contributed by atoms with E-state index in [2.05, 4.69) is 6.92 Å². The van der Waals surface area contributed by atoms with Gasteiger partial charge >= 0.3 is 5.97 Å². The highest BCUT2D eigenvalue weighted by Gasteiger charge is 2.40. The number of unbranched alkanes of at least 4 members (excludes halogenated alkanes) is 10. The molecule has 0 saturated heterocycles. The first-order chi connectivity index (χ1) is 19.2. The average molecular weight is 561 g/mol. The van der Waals surface area contributed by atoms with E-state index in [0.717, 1.165) is 73.3 Å². The molecule has 1 aromatic rings. The lowest BCUT2D eigenvalue weighted by Crippen LogP contribution is -2.44. The van der Waals surface area contributed by atoms with Crippen LogP contribution in [0.15, 0.2) is 0 Å². The molecule has 1 atom stereocenters. The van der Waals surface area contributed by atoms with E-state index in [1.807, 2.05) is 27.7 Å². The molecule has 1 aliphatic rings. The van der Waals surface area contributed by atoms with Crippen LogP contribution in [0.25, 0.3) is 0 Å². The van der Waals surface area contributed by atoms with E-state index >= 15 is 0 Å². The van der Waals surface area contributed by atoms with Gasteiger partial charge in [0.1, 0.15) is 11.5 Å². The van der Waals surface area contributed by atoms with Crippen LogP contribution >= 0.6 is 0 Å². The molecule has 1 unspecified atom stereocenters. The van der Waals surface area contributed by atoms with Gasteiger partial charge in [-0.05, 0) is 83.4 Å². The second-order valence-corrected chi connectivity index (χ2v) is 11.6. The van der Waals surface area contributed by atoms with Gasteiger partial charge in [0.15, 0.2) is 18.0 Å². The Morgan fingerprint density at radius 3 is 2.02 bits per heavy atom. The van der Waals surface area contributed by atoms with E-state index in [1.165, 1.54) is 51.4 Å². The summed E-state index contributed by atoms with van der Waals surface area (Å²) in [6.07, 6.45) is 16.5. The Kier molecular flexibility index (Phi) is 15.7. The van der Waals surface area contributed by atoms with Crippen LogP contribution in [0.1, 0.15) is 133 Å². The molecule has 0 spiro atoms. The van der Waals surface area contributed by atoms with Gasteiger partial charge in [-0.25, -0.2) is 4.79 Å². The lowest BCUT2D eigenvalue weighted by Gasteiger charge is -2.37. The maximum atomic E-state index is 13.2. The van der Waals surface area contributed by atoms with Crippen molar-refractivity contribution >= 4 is 11.8 Å². The minimum atomic E-state index is -0.794. The van der Waals surface area contributed by atoms with E-state index in [1.54, 1.807) is 6.92 Å². The fourth-order valence-electron chi connectivity index (χ4n) is 5.53. The molecule has 0 aliphatic carbocycles. The first kappa shape index (κ1) is 34.1. The fourth-order valence-corrected chi connectivity index (χ4v) is 5.53. The van der Waals surface area contributed by atoms with Gasteiger partial charge in [0.25, 0.3) is 0 Å². The molecule has 0 aromatic heterocycles. The van der Waals surface area contributed by atoms with Crippen LogP contribution < -0.4 is 9.47 Å². The van der Waals surface area contributed by atoms with Crippen molar-refractivity contribution in [3.63, 3.8) is 0 Å². The molecule has 0 bridgehead atoms. The third kappa shape index (κ3) is 10.7. The third-order valence-electron chi connectivity index (χ3n) is 8.30. The first-order valence-electron chi connectivity index (χ1n) is 16.0. The third-order valence-corrected chi connectivity index (χ3v) is 8.30. The predicted octanol–water partition coefficient (Wildman–Crippen LogP) is 8.31. The van der Waals surface area contributed by atoms with Crippen LogP contribution in [-0.4, -0.2) is 43.8 Å². The largest absolute Gasteiger partial charge is 0.481 e. The first-order valence-corrected chi connectivity index (χ1v) is 16.0. The Morgan fingerprint density at radius 2 is 1.40 bits per heavy atom. The van der Waals surface area contributed by atoms with Crippen LogP contribution in [0.4, 0.5) is 0 Å². The Hall–Kier alpha value is -2.08. The number of hydrogen-bond donors (Lipinski definition) is 0. The highest BCUT2D eigenvalue weighted by atomic mass is 16.6. The van der Waals surface area contributed by atoms with Gasteiger partial charge in [-0.3, -0.25) is 4.79 Å². The molecule has 40 heavy (non-hydrogen) atoms. The summed E-state index contributed by atoms with van der Waals surface area (Å²) < 4.78 is 23.1. The number of carbonyl (C=O) groups excluding carboxylic acids is 2. The van der Waals surface area contributed by atoms with Crippen molar-refractivity contribution in [1.29, 1.82) is 0 Å². The highest BCUT2D eigenvalue weighted by Crippen LogP contribution is 2.44. The van der Waals surface area contributed by atoms with Crippen LogP contribution in [0.3, 0.4) is 0 Å². The molecule has 0 saturated carbocycles. The van der Waals surface area contributed by atoms with Crippen molar-refractivity contribution in [2.75, 3.05) is 26.4 Å². The highest BCUT2D eigenvalue weighted by molar-refractivity contribution is 5.88. The smallest absolute Gasteiger partial charge is 0.344 e. The summed E-state index contributed by atoms with van der Waals surface area (Å²) in [6.45, 7) is 14.0. The molecule has 228 valence electrons. The van der Waals surface area contributed by atoms with Gasteiger partial charge in [0.2, 0.25) is 0 Å². The molecular formula is C34H56O6. The van der Waals surface area contributed by atoms with Crippen LogP contribution in [0, 0.1) is 20.8 Å². The zero-order chi connectivity index (χ0) is 29.4. The normalized spacial score (nSPS) is 16.4. The van der Waals surface area contributed by atoms with Gasteiger partial charge in [-0.2, -0.15) is 0 Å². The Balaban J connectivity index is 1.69. The number of hydrogen-bond acceptors (Lipinski definition) is 6. The van der Waals surface area contributed by atoms with Gasteiger partial charge in [0.05, 0.1) is 6.61 Å². The monoisotopic (exact) mass is 560 g/mol. The molecule has 1 aromatic carbocycles. The quantitative estimate of drug-likeness (QED) is 0.111. The molecule has 2 rings (SSSR count). The lowest BCUT2D eigenvalue weighted by atomic mass is 9.84. The summed E-state index contributed by atoms with van der Waals surface area (Å²) >= 11 is 0. The number of rotatable bonds is 21. The molecule has 6 nitrogen and oxygen atoms in total. The Morgan fingerprint density at radius 1 is 0.800 bits per heavy atom. The van der Waals surface area contributed by atoms with Gasteiger partial charge in [-0.1, -0.05) is 64.7 Å². The minimum absolute atomic E-state index is 0.113. The summed E-state index contributed by atoms with van der Waals surface area (Å²) in [5, 5.41) is 0. The number of ketones is 1. The second-order valence-electron chi connectivity index (χ2n) is 11.6. The van der Waals surface area contributed by atoms with Crippen molar-refractivity contribution in [2.45, 2.75) is 143 Å². The minimum Gasteiger partial charge on any atom is -0.481 e. The van der Waals surface area contributed by atoms with Crippen LogP contribution in [0.5, 0.6) is 11.5 Å². The topological polar surface area (TPSA) is 71.1 Å². The van der Waals surface area contributed by atoms with Gasteiger partial charge in [0, 0.05) is 25.2 Å². The van der Waals surface area contributed by atoms with Gasteiger partial charge < -0.3 is 18.9 Å². The predicted molar refractivity (Wildman–Crippen MR) is 162 cm³/mol. The van der Waals surface area contributed by atoms with E-state index in [9.17, 15) is 9.59 Å². The molecule has 0 radical (unpaired) electrons. The van der Waals surface area contributed by atoms with E-state index in [4.69, 9.17) is 18.9 Å². The Bertz CT molecular complexity index is 924. The van der Waals surface area contributed by atoms with Crippen molar-refractivity contribution in [1.82, 2.24) is 0 Å². The molecule has 6 heteroatoms. The standard InChI is InChI=1S/C34H56O6/c1-7-9-10-11-15-18-23-37-24-19-16-13-12-14-17-20-30(35)34(6)22-21-29-28(5)32(39-25-31(36)38-8-2)26(3)27(4)33(29)40-34/h7-25H2,1-6H3. The molecule has 1 heterocycles. The van der Waals surface area contributed by atoms with Gasteiger partial charge in [-0.15, -0.1) is 0 Å². The zero-order valence-electron chi connectivity index (χ0n) is 26.4. The van der Waals surface area contributed by atoms with Crippen LogP contribution in [0.2, 0.25) is 0 Å². The van der Waals surface area contributed by atoms with E-state index in [-0.39, 0.29) is 18.4 Å². The SMILES string of the molecule is CCCCCCCCOCCCCCCCCC(=O)C1(C)CCc2c(C)c(OCC(=O)OCC)c(C)c(C)c2O1. The van der Waals surface area contributed by atoms with Crippen molar-refractivity contribution in [3.8, 4) is 11.5 Å². The summed E-state index contributed by atoms with van der Waals surface area (Å²) in [4.78, 5) is 25.0. The molecular weight excluding hydrogens is 504 g/mol. The summed E-state index contributed by atoms with van der Waals surface area (Å²) in [7, 11) is 0. The van der Waals surface area contributed by atoms with Crippen LogP contribution in [-0.2, 0) is 25.5 Å². The fraction of sp³-hybridized carbons (Fsp3) is 0.765. The maximum absolute atomic E-state index is 13.2. The molecule has 0 fully saturated rings. The number of benzene rings is 1. The Labute approximate surface area is 243 Å². The molecule has 1 aliphatic heterocycles. The number of esters is 1. The number of Topliss-reactive ketones (excluding diaryl/α,β-unsaturated/α-hetero) is 1. The molecule has 0 N–H and O–H groups in total. The average Bonchev–Trinajstić information content (AvgIpc) is 2.93. The molecule has 0 amide bonds. The number of fused-ring (bicyclic) bond motifs is 1. The number of ether oxygens (including phenoxy) is 4. The van der Waals surface area contributed by atoms with Crippen molar-refractivity contribution in [3.05, 3.63) is 22.3 Å². The summed E-state index contributed by atoms with van der Waals surface area (Å²) in [5.74, 6) is 1.34.